The second-order valence-electron chi connectivity index (χ2n) is 7.95. The highest BCUT2D eigenvalue weighted by Crippen LogP contribution is 2.31. The summed E-state index contributed by atoms with van der Waals surface area (Å²) in [5, 5.41) is 0. The summed E-state index contributed by atoms with van der Waals surface area (Å²) >= 11 is 0. The maximum Gasteiger partial charge on any atom is 0.254 e. The van der Waals surface area contributed by atoms with Gasteiger partial charge in [0.15, 0.2) is 0 Å². The lowest BCUT2D eigenvalue weighted by Gasteiger charge is -2.30. The molecule has 0 atom stereocenters. The number of amides is 1. The average Bonchev–Trinajstić information content (AvgIpc) is 3.09. The van der Waals surface area contributed by atoms with E-state index in [4.69, 9.17) is 5.73 Å². The van der Waals surface area contributed by atoms with Gasteiger partial charge < -0.3 is 10.6 Å². The molecule has 150 valence electrons. The number of aromatic nitrogens is 1. The molecule has 4 rings (SSSR count). The zero-order chi connectivity index (χ0) is 20.2. The Morgan fingerprint density at radius 3 is 2.69 bits per heavy atom. The summed E-state index contributed by atoms with van der Waals surface area (Å²) in [6.45, 7) is 0.766. The Balaban J connectivity index is 1.48. The van der Waals surface area contributed by atoms with Gasteiger partial charge in [-0.15, -0.1) is 0 Å². The third kappa shape index (κ3) is 4.09. The number of rotatable bonds is 5. The van der Waals surface area contributed by atoms with Gasteiger partial charge in [0.1, 0.15) is 0 Å². The summed E-state index contributed by atoms with van der Waals surface area (Å²) in [7, 11) is 1.71. The number of allylic oxidation sites excluding steroid dienone is 1. The predicted octanol–water partition coefficient (Wildman–Crippen LogP) is 3.96. The fraction of sp³-hybridized carbons (Fsp3) is 0.375. The van der Waals surface area contributed by atoms with Crippen LogP contribution in [0.1, 0.15) is 64.8 Å². The molecule has 5 nitrogen and oxygen atoms in total. The van der Waals surface area contributed by atoms with Gasteiger partial charge in [-0.1, -0.05) is 37.5 Å². The first-order chi connectivity index (χ1) is 14.2. The van der Waals surface area contributed by atoms with E-state index in [2.05, 4.69) is 39.1 Å². The Labute approximate surface area is 172 Å². The molecule has 0 radical (unpaired) electrons. The highest BCUT2D eigenvalue weighted by atomic mass is 16.2. The number of nitrogens with two attached hydrogens (primary N) is 1. The van der Waals surface area contributed by atoms with E-state index >= 15 is 0 Å². The minimum atomic E-state index is 0.207. The van der Waals surface area contributed by atoms with Gasteiger partial charge in [0.25, 0.3) is 5.91 Å². The lowest BCUT2D eigenvalue weighted by atomic mass is 9.94. The number of pyridine rings is 1. The van der Waals surface area contributed by atoms with Crippen LogP contribution >= 0.6 is 0 Å². The first kappa shape index (κ1) is 19.4. The quantitative estimate of drug-likeness (QED) is 0.788. The van der Waals surface area contributed by atoms with Gasteiger partial charge in [-0.05, 0) is 48.1 Å². The fourth-order valence-electron chi connectivity index (χ4n) is 4.44. The zero-order valence-corrected chi connectivity index (χ0v) is 17.0. The molecule has 2 aliphatic rings. The summed E-state index contributed by atoms with van der Waals surface area (Å²) in [5.74, 6) is 0.207. The molecule has 0 spiro atoms. The molecule has 0 saturated heterocycles. The molecular weight excluding hydrogens is 360 g/mol. The van der Waals surface area contributed by atoms with Gasteiger partial charge in [-0.3, -0.25) is 14.8 Å². The van der Waals surface area contributed by atoms with Gasteiger partial charge in [-0.2, -0.15) is 0 Å². The van der Waals surface area contributed by atoms with Crippen molar-refractivity contribution in [1.82, 2.24) is 9.88 Å². The maximum absolute atomic E-state index is 13.0. The van der Waals surface area contributed by atoms with Crippen LogP contribution in [0.4, 0.5) is 0 Å². The Hall–Kier alpha value is -2.95. The minimum Gasteiger partial charge on any atom is -0.404 e. The van der Waals surface area contributed by atoms with Crippen molar-refractivity contribution < 1.29 is 4.79 Å². The second-order valence-corrected chi connectivity index (χ2v) is 7.95. The molecule has 1 aromatic heterocycles. The Bertz CT molecular complexity index is 940. The second kappa shape index (κ2) is 8.60. The number of hydrogen-bond acceptors (Lipinski definition) is 4. The Kier molecular flexibility index (Phi) is 5.74. The van der Waals surface area contributed by atoms with Gasteiger partial charge in [0.05, 0.1) is 5.69 Å². The topological polar surface area (TPSA) is 71.6 Å². The van der Waals surface area contributed by atoms with Crippen LogP contribution in [0.15, 0.2) is 47.7 Å². The Morgan fingerprint density at radius 2 is 2.00 bits per heavy atom. The van der Waals surface area contributed by atoms with Crippen molar-refractivity contribution in [2.24, 2.45) is 10.7 Å². The summed E-state index contributed by atoms with van der Waals surface area (Å²) in [6, 6.07) is 10.8. The molecule has 1 fully saturated rings. The average molecular weight is 389 g/mol. The number of fused-ring (bicyclic) bond motifs is 1. The van der Waals surface area contributed by atoms with Crippen molar-refractivity contribution in [1.29, 1.82) is 0 Å². The van der Waals surface area contributed by atoms with Crippen LogP contribution in [0, 0.1) is 0 Å². The number of benzene rings is 1. The molecule has 1 aliphatic heterocycles. The lowest BCUT2D eigenvalue weighted by Crippen LogP contribution is -2.36. The number of aliphatic imine (C=N–C) groups is 1. The summed E-state index contributed by atoms with van der Waals surface area (Å²) in [6.07, 6.45) is 11.9. The van der Waals surface area contributed by atoms with Gasteiger partial charge >= 0.3 is 0 Å². The number of hydrogen-bond donors (Lipinski definition) is 1. The molecule has 29 heavy (non-hydrogen) atoms. The molecule has 5 heteroatoms. The zero-order valence-electron chi connectivity index (χ0n) is 17.0. The van der Waals surface area contributed by atoms with E-state index < -0.39 is 0 Å². The largest absolute Gasteiger partial charge is 0.404 e. The molecule has 0 bridgehead atoms. The summed E-state index contributed by atoms with van der Waals surface area (Å²) < 4.78 is 0. The molecule has 2 heterocycles. The van der Waals surface area contributed by atoms with Gasteiger partial charge in [0, 0.05) is 49.4 Å². The molecular formula is C24H28N4O. The third-order valence-corrected chi connectivity index (χ3v) is 6.00. The van der Waals surface area contributed by atoms with E-state index in [9.17, 15) is 4.79 Å². The van der Waals surface area contributed by atoms with Crippen LogP contribution in [0.2, 0.25) is 0 Å². The van der Waals surface area contributed by atoms with Crippen LogP contribution in [-0.4, -0.2) is 35.1 Å². The summed E-state index contributed by atoms with van der Waals surface area (Å²) in [4.78, 5) is 23.6. The molecule has 1 amide bonds. The molecule has 1 saturated carbocycles. The normalized spacial score (nSPS) is 17.9. The van der Waals surface area contributed by atoms with E-state index in [1.54, 1.807) is 13.3 Å². The van der Waals surface area contributed by atoms with Crippen molar-refractivity contribution in [3.63, 3.8) is 0 Å². The van der Waals surface area contributed by atoms with Crippen LogP contribution in [-0.2, 0) is 13.0 Å². The van der Waals surface area contributed by atoms with Crippen molar-refractivity contribution in [3.8, 4) is 0 Å². The highest BCUT2D eigenvalue weighted by Gasteiger charge is 2.33. The highest BCUT2D eigenvalue weighted by molar-refractivity contribution is 6.08. The van der Waals surface area contributed by atoms with Crippen molar-refractivity contribution in [3.05, 3.63) is 70.7 Å². The minimum absolute atomic E-state index is 0.207. The first-order valence-corrected chi connectivity index (χ1v) is 10.4. The molecule has 2 aromatic rings. The van der Waals surface area contributed by atoms with Crippen LogP contribution in [0.3, 0.4) is 0 Å². The van der Waals surface area contributed by atoms with E-state index in [1.165, 1.54) is 25.5 Å². The van der Waals surface area contributed by atoms with E-state index in [0.717, 1.165) is 59.3 Å². The lowest BCUT2D eigenvalue weighted by molar-refractivity contribution is 0.0660. The number of carbonyl (C=O) groups excluding carboxylic acids is 1. The van der Waals surface area contributed by atoms with E-state index in [-0.39, 0.29) is 5.91 Å². The van der Waals surface area contributed by atoms with Crippen molar-refractivity contribution >= 4 is 17.7 Å². The van der Waals surface area contributed by atoms with Gasteiger partial charge in [0.2, 0.25) is 0 Å². The van der Waals surface area contributed by atoms with Crippen LogP contribution in [0.5, 0.6) is 0 Å². The van der Waals surface area contributed by atoms with Gasteiger partial charge in [-0.25, -0.2) is 0 Å². The number of carbonyl (C=O) groups is 1. The first-order valence-electron chi connectivity index (χ1n) is 10.4. The van der Waals surface area contributed by atoms with Crippen molar-refractivity contribution in [2.45, 2.75) is 51.1 Å². The molecule has 2 N–H and O–H groups in total. The van der Waals surface area contributed by atoms with Crippen molar-refractivity contribution in [2.75, 3.05) is 7.05 Å². The van der Waals surface area contributed by atoms with E-state index in [1.807, 2.05) is 12.3 Å². The third-order valence-electron chi connectivity index (χ3n) is 6.00. The monoisotopic (exact) mass is 388 g/mol. The van der Waals surface area contributed by atoms with E-state index in [0.29, 0.717) is 6.04 Å². The fourth-order valence-corrected chi connectivity index (χ4v) is 4.44. The SMILES string of the molecule is CN=CC(=CN)c1ccc(Cc2ccc3c(c2)C(=O)N(C2CCCCC2)C3)cn1. The molecule has 0 unspecified atom stereocenters. The molecule has 1 aromatic carbocycles. The number of nitrogens with zero attached hydrogens (tertiary/aromatic N) is 3. The summed E-state index contributed by atoms with van der Waals surface area (Å²) in [5.41, 5.74) is 11.5. The standard InChI is InChI=1S/C24H28N4O/c1-26-15-20(13-25)23-10-8-18(14-27-23)11-17-7-9-19-16-28(24(29)22(19)12-17)21-5-3-2-4-6-21/h7-10,12-15,21H,2-6,11,16,25H2,1H3. The smallest absolute Gasteiger partial charge is 0.254 e. The maximum atomic E-state index is 13.0. The predicted molar refractivity (Wildman–Crippen MR) is 117 cm³/mol. The van der Waals surface area contributed by atoms with Crippen LogP contribution < -0.4 is 5.73 Å². The Morgan fingerprint density at radius 1 is 1.21 bits per heavy atom. The van der Waals surface area contributed by atoms with Crippen LogP contribution in [0.25, 0.3) is 5.57 Å². The molecule has 1 aliphatic carbocycles.